The second-order valence-corrected chi connectivity index (χ2v) is 7.51. The predicted octanol–water partition coefficient (Wildman–Crippen LogP) is -3.18. The molecule has 122 valence electrons. The van der Waals surface area contributed by atoms with E-state index in [9.17, 15) is 9.59 Å². The molecule has 0 aliphatic carbocycles. The molecule has 0 fully saturated rings. The maximum absolute atomic E-state index is 10.2. The molecule has 0 bridgehead atoms. The van der Waals surface area contributed by atoms with Crippen LogP contribution in [0.1, 0.15) is 12.8 Å². The molecular formula is C11H25IN2O4S2. The van der Waals surface area contributed by atoms with Gasteiger partial charge in [-0.2, -0.15) is 11.8 Å². The third-order valence-electron chi connectivity index (χ3n) is 2.10. The lowest BCUT2D eigenvalue weighted by Crippen LogP contribution is -3.00. The molecule has 0 unspecified atom stereocenters. The van der Waals surface area contributed by atoms with Crippen molar-refractivity contribution in [1.29, 1.82) is 0 Å². The highest BCUT2D eigenvalue weighted by Crippen LogP contribution is 1.97. The molecule has 2 atom stereocenters. The normalized spacial score (nSPS) is 12.7. The molecule has 0 spiro atoms. The highest BCUT2D eigenvalue weighted by molar-refractivity contribution is 7.98. The number of rotatable bonds is 8. The summed E-state index contributed by atoms with van der Waals surface area (Å²) >= 11 is 1.60. The van der Waals surface area contributed by atoms with Crippen molar-refractivity contribution in [2.24, 2.45) is 11.5 Å². The van der Waals surface area contributed by atoms with Gasteiger partial charge in [0.1, 0.15) is 17.8 Å². The second kappa shape index (κ2) is 15.7. The lowest BCUT2D eigenvalue weighted by atomic mass is 10.2. The molecule has 0 saturated heterocycles. The van der Waals surface area contributed by atoms with Crippen LogP contribution in [0.3, 0.4) is 0 Å². The van der Waals surface area contributed by atoms with Gasteiger partial charge in [-0.15, -0.1) is 0 Å². The Hall–Kier alpha value is 0.290. The van der Waals surface area contributed by atoms with Crippen molar-refractivity contribution in [2.45, 2.75) is 24.9 Å². The van der Waals surface area contributed by atoms with Gasteiger partial charge in [0.2, 0.25) is 0 Å². The van der Waals surface area contributed by atoms with Gasteiger partial charge >= 0.3 is 11.9 Å². The van der Waals surface area contributed by atoms with Crippen LogP contribution in [0.2, 0.25) is 0 Å². The van der Waals surface area contributed by atoms with Gasteiger partial charge in [0.25, 0.3) is 0 Å². The number of hydrogen-bond acceptors (Lipinski definition) is 5. The van der Waals surface area contributed by atoms with Crippen molar-refractivity contribution >= 4 is 34.6 Å². The van der Waals surface area contributed by atoms with Crippen molar-refractivity contribution in [2.75, 3.05) is 30.3 Å². The van der Waals surface area contributed by atoms with E-state index in [0.29, 0.717) is 23.7 Å². The third-order valence-corrected chi connectivity index (χ3v) is 3.80. The Morgan fingerprint density at radius 2 is 1.50 bits per heavy atom. The van der Waals surface area contributed by atoms with Crippen molar-refractivity contribution in [3.05, 3.63) is 0 Å². The van der Waals surface area contributed by atoms with Gasteiger partial charge in [-0.05, 0) is 29.3 Å². The standard InChI is InChI=1S/C6H13NO2S.C5H11NO2S.HI/c1-10(2)4-3-5(7)6(8)9;1-9-3-2-4(6)5(7)8;/h5H,3-4,7H2,1-2H3;4H,2-3,6H2,1H3,(H,7,8);1H/t5-;4-;/m11./s1. The number of nitrogens with two attached hydrogens (primary N) is 2. The summed E-state index contributed by atoms with van der Waals surface area (Å²) in [7, 11) is 0.304. The highest BCUT2D eigenvalue weighted by Gasteiger charge is 2.14. The number of thioether (sulfide) groups is 1. The Labute approximate surface area is 144 Å². The van der Waals surface area contributed by atoms with Crippen LogP contribution in [-0.4, -0.2) is 64.5 Å². The average molecular weight is 440 g/mol. The van der Waals surface area contributed by atoms with E-state index in [-0.39, 0.29) is 24.0 Å². The topological polar surface area (TPSA) is 127 Å². The minimum absolute atomic E-state index is 0. The van der Waals surface area contributed by atoms with Crippen molar-refractivity contribution < 1.29 is 43.8 Å². The molecule has 0 amide bonds. The van der Waals surface area contributed by atoms with Gasteiger partial charge in [0, 0.05) is 6.42 Å². The number of halogens is 1. The highest BCUT2D eigenvalue weighted by atomic mass is 127. The fraction of sp³-hybridized carbons (Fsp3) is 0.818. The number of carboxylic acids is 2. The first-order valence-electron chi connectivity index (χ1n) is 5.72. The number of carbonyl (C=O) groups is 2. The Kier molecular flexibility index (Phi) is 19.8. The lowest BCUT2D eigenvalue weighted by Gasteiger charge is -2.02. The number of hydrogen-bond donors (Lipinski definition) is 4. The van der Waals surface area contributed by atoms with Crippen LogP contribution in [0.5, 0.6) is 0 Å². The van der Waals surface area contributed by atoms with Gasteiger partial charge in [0.15, 0.2) is 0 Å². The number of carboxylic acid groups (broad SMARTS) is 2. The number of aliphatic carboxylic acids is 2. The van der Waals surface area contributed by atoms with Crippen molar-refractivity contribution in [3.63, 3.8) is 0 Å². The average Bonchev–Trinajstić information content (AvgIpc) is 2.33. The molecule has 20 heavy (non-hydrogen) atoms. The summed E-state index contributed by atoms with van der Waals surface area (Å²) < 4.78 is 0. The maximum Gasteiger partial charge on any atom is 0.320 e. The first-order chi connectivity index (χ1) is 8.72. The van der Waals surface area contributed by atoms with Crippen molar-refractivity contribution in [1.82, 2.24) is 0 Å². The van der Waals surface area contributed by atoms with Gasteiger partial charge in [-0.1, -0.05) is 0 Å². The summed E-state index contributed by atoms with van der Waals surface area (Å²) in [6.07, 6.45) is 7.22. The van der Waals surface area contributed by atoms with E-state index in [1.165, 1.54) is 0 Å². The van der Waals surface area contributed by atoms with E-state index >= 15 is 0 Å². The molecule has 0 aromatic carbocycles. The Morgan fingerprint density at radius 1 is 1.10 bits per heavy atom. The molecule has 6 nitrogen and oxygen atoms in total. The maximum atomic E-state index is 10.2. The summed E-state index contributed by atoms with van der Waals surface area (Å²) in [5.41, 5.74) is 10.5. The van der Waals surface area contributed by atoms with Crippen LogP contribution in [0.4, 0.5) is 0 Å². The predicted molar refractivity (Wildman–Crippen MR) is 82.9 cm³/mol. The second-order valence-electron chi connectivity index (χ2n) is 4.15. The van der Waals surface area contributed by atoms with Crippen LogP contribution in [0.25, 0.3) is 0 Å². The molecule has 9 heteroatoms. The van der Waals surface area contributed by atoms with Gasteiger partial charge in [-0.3, -0.25) is 9.59 Å². The van der Waals surface area contributed by atoms with E-state index in [1.54, 1.807) is 11.8 Å². The quantitative estimate of drug-likeness (QED) is 0.232. The SMILES string of the molecule is CSCC[C@@H](N)C(=O)O.C[S+](C)CC[C@@H](N)C(=O)O.[I-]. The fourth-order valence-corrected chi connectivity index (χ4v) is 2.07. The minimum Gasteiger partial charge on any atom is -1.00 e. The van der Waals surface area contributed by atoms with Gasteiger partial charge < -0.3 is 45.7 Å². The zero-order valence-electron chi connectivity index (χ0n) is 12.0. The molecule has 0 aromatic rings. The monoisotopic (exact) mass is 440 g/mol. The van der Waals surface area contributed by atoms with Crippen LogP contribution in [0, 0.1) is 0 Å². The summed E-state index contributed by atoms with van der Waals surface area (Å²) in [6.45, 7) is 0. The summed E-state index contributed by atoms with van der Waals surface area (Å²) in [5.74, 6) is -0.0875. The lowest BCUT2D eigenvalue weighted by molar-refractivity contribution is -0.139. The molecular weight excluding hydrogens is 415 g/mol. The van der Waals surface area contributed by atoms with Crippen molar-refractivity contribution in [3.8, 4) is 0 Å². The van der Waals surface area contributed by atoms with E-state index in [1.807, 2.05) is 6.26 Å². The smallest absolute Gasteiger partial charge is 0.320 e. The summed E-state index contributed by atoms with van der Waals surface area (Å²) in [5, 5.41) is 16.6. The molecule has 0 aliphatic rings. The largest absolute Gasteiger partial charge is 1.00 e. The molecule has 0 rings (SSSR count). The van der Waals surface area contributed by atoms with Crippen LogP contribution in [-0.2, 0) is 20.5 Å². The molecule has 6 N–H and O–H groups in total. The molecule has 0 radical (unpaired) electrons. The zero-order valence-corrected chi connectivity index (χ0v) is 15.8. The third kappa shape index (κ3) is 18.3. The van der Waals surface area contributed by atoms with E-state index in [2.05, 4.69) is 12.5 Å². The summed E-state index contributed by atoms with van der Waals surface area (Å²) in [6, 6.07) is -1.35. The molecule has 0 heterocycles. The molecule has 0 saturated carbocycles. The zero-order chi connectivity index (χ0) is 15.4. The molecule has 0 aliphatic heterocycles. The first-order valence-corrected chi connectivity index (χ1v) is 9.32. The van der Waals surface area contributed by atoms with Crippen LogP contribution >= 0.6 is 11.8 Å². The van der Waals surface area contributed by atoms with Gasteiger partial charge in [0.05, 0.1) is 12.5 Å². The Bertz CT molecular complexity index is 271. The van der Waals surface area contributed by atoms with Crippen LogP contribution < -0.4 is 35.4 Å². The summed E-state index contributed by atoms with van der Waals surface area (Å²) in [4.78, 5) is 20.3. The fourth-order valence-electron chi connectivity index (χ4n) is 0.854. The van der Waals surface area contributed by atoms with Crippen LogP contribution in [0.15, 0.2) is 0 Å². The van der Waals surface area contributed by atoms with E-state index in [0.717, 1.165) is 11.5 Å². The minimum atomic E-state index is -0.913. The first kappa shape index (κ1) is 25.3. The van der Waals surface area contributed by atoms with E-state index < -0.39 is 24.0 Å². The Balaban J connectivity index is -0.000000277. The molecule has 0 aromatic heterocycles. The van der Waals surface area contributed by atoms with Gasteiger partial charge in [-0.25, -0.2) is 0 Å². The van der Waals surface area contributed by atoms with E-state index in [4.69, 9.17) is 21.7 Å². The Morgan fingerprint density at radius 3 is 1.80 bits per heavy atom.